The summed E-state index contributed by atoms with van der Waals surface area (Å²) in [6.45, 7) is 0.00526. The normalized spacial score (nSPS) is 11.0. The average molecular weight is 304 g/mol. The lowest BCUT2D eigenvalue weighted by atomic mass is 10.0. The molecule has 20 heavy (non-hydrogen) atoms. The van der Waals surface area contributed by atoms with Crippen LogP contribution in [-0.2, 0) is 22.5 Å². The van der Waals surface area contributed by atoms with Crippen molar-refractivity contribution in [1.29, 1.82) is 5.26 Å². The lowest BCUT2D eigenvalue weighted by Crippen LogP contribution is -2.10. The number of ether oxygens (including phenoxy) is 1. The van der Waals surface area contributed by atoms with Crippen LogP contribution in [0.15, 0.2) is 17.0 Å². The van der Waals surface area contributed by atoms with Crippen LogP contribution in [0.2, 0.25) is 0 Å². The Labute approximate surface area is 117 Å². The number of nitriles is 1. The topological polar surface area (TPSA) is 76.1 Å². The zero-order chi connectivity index (χ0) is 15.3. The molecule has 0 aliphatic rings. The maximum absolute atomic E-state index is 12.5. The van der Waals surface area contributed by atoms with E-state index in [4.69, 9.17) is 11.0 Å². The molecular formula is C12H11F3N2O2S. The summed E-state index contributed by atoms with van der Waals surface area (Å²) in [4.78, 5) is 11.0. The summed E-state index contributed by atoms with van der Waals surface area (Å²) in [6.07, 6.45) is -0.279. The summed E-state index contributed by atoms with van der Waals surface area (Å²) in [6, 6.07) is 4.34. The third-order valence-electron chi connectivity index (χ3n) is 2.38. The fourth-order valence-corrected chi connectivity index (χ4v) is 2.29. The third kappa shape index (κ3) is 4.43. The summed E-state index contributed by atoms with van der Waals surface area (Å²) in [7, 11) is 1.16. The second kappa shape index (κ2) is 6.63. The van der Waals surface area contributed by atoms with Gasteiger partial charge in [-0.05, 0) is 29.0 Å². The fraction of sp³-hybridized carbons (Fsp3) is 0.333. The number of halogens is 3. The Morgan fingerprint density at radius 1 is 1.50 bits per heavy atom. The minimum Gasteiger partial charge on any atom is -0.469 e. The summed E-state index contributed by atoms with van der Waals surface area (Å²) < 4.78 is 41.9. The molecule has 0 aromatic heterocycles. The van der Waals surface area contributed by atoms with Crippen molar-refractivity contribution in [3.8, 4) is 6.07 Å². The molecule has 4 nitrogen and oxygen atoms in total. The first-order chi connectivity index (χ1) is 9.30. The minimum absolute atomic E-state index is 0.00526. The van der Waals surface area contributed by atoms with Gasteiger partial charge in [0.25, 0.3) is 0 Å². The number of alkyl halides is 3. The van der Waals surface area contributed by atoms with Crippen molar-refractivity contribution in [1.82, 2.24) is 0 Å². The SMILES string of the molecule is COC(=O)Cc1cc(CN)cc(SC(F)(F)F)c1C#N. The molecule has 1 rings (SSSR count). The lowest BCUT2D eigenvalue weighted by Gasteiger charge is -2.12. The minimum atomic E-state index is -4.53. The van der Waals surface area contributed by atoms with E-state index in [-0.39, 0.29) is 29.0 Å². The Morgan fingerprint density at radius 2 is 2.15 bits per heavy atom. The van der Waals surface area contributed by atoms with E-state index in [2.05, 4.69) is 4.74 Å². The van der Waals surface area contributed by atoms with Gasteiger partial charge >= 0.3 is 11.5 Å². The Bertz CT molecular complexity index is 553. The van der Waals surface area contributed by atoms with Gasteiger partial charge in [0.1, 0.15) is 6.07 Å². The van der Waals surface area contributed by atoms with Gasteiger partial charge in [0.05, 0.1) is 19.1 Å². The highest BCUT2D eigenvalue weighted by atomic mass is 32.2. The van der Waals surface area contributed by atoms with Crippen molar-refractivity contribution in [2.75, 3.05) is 7.11 Å². The third-order valence-corrected chi connectivity index (χ3v) is 3.15. The first-order valence-electron chi connectivity index (χ1n) is 5.39. The highest BCUT2D eigenvalue weighted by Crippen LogP contribution is 2.39. The van der Waals surface area contributed by atoms with E-state index in [1.165, 1.54) is 12.1 Å². The van der Waals surface area contributed by atoms with E-state index in [9.17, 15) is 18.0 Å². The predicted molar refractivity (Wildman–Crippen MR) is 66.7 cm³/mol. The number of benzene rings is 1. The van der Waals surface area contributed by atoms with Crippen molar-refractivity contribution < 1.29 is 22.7 Å². The van der Waals surface area contributed by atoms with Crippen molar-refractivity contribution in [3.63, 3.8) is 0 Å². The molecule has 1 aromatic carbocycles. The molecule has 1 aromatic rings. The van der Waals surface area contributed by atoms with Crippen LogP contribution in [0.5, 0.6) is 0 Å². The van der Waals surface area contributed by atoms with Crippen molar-refractivity contribution >= 4 is 17.7 Å². The maximum Gasteiger partial charge on any atom is 0.446 e. The largest absolute Gasteiger partial charge is 0.469 e. The van der Waals surface area contributed by atoms with Gasteiger partial charge in [-0.25, -0.2) is 0 Å². The number of nitrogens with two attached hydrogens (primary N) is 1. The molecule has 0 bridgehead atoms. The van der Waals surface area contributed by atoms with E-state index in [1.807, 2.05) is 0 Å². The van der Waals surface area contributed by atoms with Crippen molar-refractivity contribution in [2.45, 2.75) is 23.4 Å². The van der Waals surface area contributed by atoms with Crippen LogP contribution in [0.1, 0.15) is 16.7 Å². The predicted octanol–water partition coefficient (Wildman–Crippen LogP) is 2.34. The number of nitrogens with zero attached hydrogens (tertiary/aromatic N) is 1. The quantitative estimate of drug-likeness (QED) is 0.682. The Kier molecular flexibility index (Phi) is 5.42. The standard InChI is InChI=1S/C12H11F3N2O2S/c1-19-11(18)4-8-2-7(5-16)3-10(9(8)6-17)20-12(13,14)15/h2-3H,4-5,16H2,1H3. The second-order valence-corrected chi connectivity index (χ2v) is 4.85. The van der Waals surface area contributed by atoms with Crippen LogP contribution < -0.4 is 5.73 Å². The van der Waals surface area contributed by atoms with E-state index < -0.39 is 23.2 Å². The van der Waals surface area contributed by atoms with E-state index in [0.717, 1.165) is 7.11 Å². The number of thioether (sulfide) groups is 1. The summed E-state index contributed by atoms with van der Waals surface area (Å²) in [5.41, 5.74) is 1.29. The summed E-state index contributed by atoms with van der Waals surface area (Å²) in [5, 5.41) is 9.03. The highest BCUT2D eigenvalue weighted by molar-refractivity contribution is 8.00. The molecule has 8 heteroatoms. The van der Waals surface area contributed by atoms with Crippen LogP contribution in [0.25, 0.3) is 0 Å². The molecule has 0 heterocycles. The number of carbonyl (C=O) groups is 1. The Morgan fingerprint density at radius 3 is 2.60 bits per heavy atom. The molecule has 0 aliphatic heterocycles. The molecule has 108 valence electrons. The smallest absolute Gasteiger partial charge is 0.446 e. The van der Waals surface area contributed by atoms with Gasteiger partial charge in [0.15, 0.2) is 0 Å². The van der Waals surface area contributed by atoms with Gasteiger partial charge < -0.3 is 10.5 Å². The zero-order valence-corrected chi connectivity index (χ0v) is 11.3. The Balaban J connectivity index is 3.32. The molecule has 2 N–H and O–H groups in total. The van der Waals surface area contributed by atoms with E-state index >= 15 is 0 Å². The average Bonchev–Trinajstić information content (AvgIpc) is 2.36. The molecule has 0 amide bonds. The van der Waals surface area contributed by atoms with Gasteiger partial charge in [-0.15, -0.1) is 0 Å². The molecule has 0 saturated carbocycles. The van der Waals surface area contributed by atoms with Gasteiger partial charge in [0.2, 0.25) is 0 Å². The fourth-order valence-electron chi connectivity index (χ4n) is 1.55. The molecule has 0 fully saturated rings. The van der Waals surface area contributed by atoms with E-state index in [0.29, 0.717) is 5.56 Å². The number of esters is 1. The Hall–Kier alpha value is -1.72. The number of methoxy groups -OCH3 is 1. The molecule has 0 atom stereocenters. The van der Waals surface area contributed by atoms with Crippen LogP contribution in [0, 0.1) is 11.3 Å². The lowest BCUT2D eigenvalue weighted by molar-refractivity contribution is -0.139. The van der Waals surface area contributed by atoms with Gasteiger partial charge in [-0.1, -0.05) is 6.07 Å². The highest BCUT2D eigenvalue weighted by Gasteiger charge is 2.31. The molecule has 0 spiro atoms. The number of hydrogen-bond acceptors (Lipinski definition) is 5. The van der Waals surface area contributed by atoms with Crippen LogP contribution in [0.4, 0.5) is 13.2 Å². The van der Waals surface area contributed by atoms with Gasteiger partial charge in [-0.2, -0.15) is 18.4 Å². The summed E-state index contributed by atoms with van der Waals surface area (Å²) in [5.74, 6) is -0.640. The summed E-state index contributed by atoms with van der Waals surface area (Å²) >= 11 is -0.400. The zero-order valence-electron chi connectivity index (χ0n) is 10.5. The van der Waals surface area contributed by atoms with Crippen LogP contribution in [0.3, 0.4) is 0 Å². The van der Waals surface area contributed by atoms with E-state index in [1.54, 1.807) is 6.07 Å². The molecule has 0 radical (unpaired) electrons. The van der Waals surface area contributed by atoms with Crippen LogP contribution in [-0.4, -0.2) is 18.6 Å². The second-order valence-electron chi connectivity index (χ2n) is 3.74. The molecular weight excluding hydrogens is 293 g/mol. The molecule has 0 unspecified atom stereocenters. The maximum atomic E-state index is 12.5. The number of rotatable bonds is 4. The van der Waals surface area contributed by atoms with Gasteiger partial charge in [0, 0.05) is 11.4 Å². The van der Waals surface area contributed by atoms with Gasteiger partial charge in [-0.3, -0.25) is 4.79 Å². The first-order valence-corrected chi connectivity index (χ1v) is 6.21. The van der Waals surface area contributed by atoms with Crippen LogP contribution >= 0.6 is 11.8 Å². The molecule has 0 aliphatic carbocycles. The van der Waals surface area contributed by atoms with Crippen molar-refractivity contribution in [2.24, 2.45) is 5.73 Å². The monoisotopic (exact) mass is 304 g/mol. The molecule has 0 saturated heterocycles. The number of carbonyl (C=O) groups excluding carboxylic acids is 1. The first kappa shape index (κ1) is 16.3. The van der Waals surface area contributed by atoms with Crippen molar-refractivity contribution in [3.05, 3.63) is 28.8 Å². The number of hydrogen-bond donors (Lipinski definition) is 1.